The third kappa shape index (κ3) is 8.18. The number of rotatable bonds is 10. The molecule has 1 saturated heterocycles. The van der Waals surface area contributed by atoms with Crippen molar-refractivity contribution in [3.63, 3.8) is 0 Å². The quantitative estimate of drug-likeness (QED) is 0.281. The van der Waals surface area contributed by atoms with E-state index in [4.69, 9.17) is 14.5 Å². The summed E-state index contributed by atoms with van der Waals surface area (Å²) >= 11 is 0. The molecule has 0 saturated carbocycles. The zero-order valence-electron chi connectivity index (χ0n) is 18.2. The summed E-state index contributed by atoms with van der Waals surface area (Å²) in [6.45, 7) is 12.8. The van der Waals surface area contributed by atoms with Gasteiger partial charge >= 0.3 is 0 Å². The van der Waals surface area contributed by atoms with Gasteiger partial charge in [-0.3, -0.25) is 0 Å². The van der Waals surface area contributed by atoms with Crippen molar-refractivity contribution in [1.82, 2.24) is 15.1 Å². The van der Waals surface area contributed by atoms with E-state index in [1.807, 2.05) is 18.2 Å². The van der Waals surface area contributed by atoms with Gasteiger partial charge in [0.15, 0.2) is 17.5 Å². The number of aliphatic hydroxyl groups excluding tert-OH is 1. The fraction of sp³-hybridized carbons (Fsp3) is 0.667. The van der Waals surface area contributed by atoms with Gasteiger partial charge in [0.1, 0.15) is 6.61 Å². The van der Waals surface area contributed by atoms with Crippen LogP contribution in [0.15, 0.2) is 23.2 Å². The number of benzene rings is 1. The molecule has 1 aromatic carbocycles. The lowest BCUT2D eigenvalue weighted by Crippen LogP contribution is -2.40. The molecule has 1 atom stereocenters. The van der Waals surface area contributed by atoms with Crippen LogP contribution in [0.1, 0.15) is 32.8 Å². The Morgan fingerprint density at radius 1 is 1.28 bits per heavy atom. The van der Waals surface area contributed by atoms with Crippen LogP contribution in [-0.2, 0) is 6.54 Å². The molecular formula is C21H37IN4O3. The van der Waals surface area contributed by atoms with Gasteiger partial charge in [-0.1, -0.05) is 19.9 Å². The van der Waals surface area contributed by atoms with Gasteiger partial charge in [-0.2, -0.15) is 0 Å². The average Bonchev–Trinajstić information content (AvgIpc) is 3.15. The SMILES string of the molecule is CCNC(=NCc1ccc(OCCN(CC)CC)c(OC)c1)N1CC[C@@H](O)C1.I. The highest BCUT2D eigenvalue weighted by molar-refractivity contribution is 14.0. The maximum absolute atomic E-state index is 9.78. The van der Waals surface area contributed by atoms with E-state index in [0.717, 1.165) is 62.2 Å². The number of aliphatic hydroxyl groups is 1. The van der Waals surface area contributed by atoms with Crippen LogP contribution in [0.2, 0.25) is 0 Å². The zero-order valence-corrected chi connectivity index (χ0v) is 20.5. The van der Waals surface area contributed by atoms with Crippen molar-refractivity contribution in [2.45, 2.75) is 39.8 Å². The average molecular weight is 520 g/mol. The van der Waals surface area contributed by atoms with Crippen molar-refractivity contribution in [3.8, 4) is 11.5 Å². The summed E-state index contributed by atoms with van der Waals surface area (Å²) in [5, 5.41) is 13.1. The summed E-state index contributed by atoms with van der Waals surface area (Å²) in [4.78, 5) is 9.16. The van der Waals surface area contributed by atoms with Crippen LogP contribution in [0.3, 0.4) is 0 Å². The lowest BCUT2D eigenvalue weighted by atomic mass is 10.2. The van der Waals surface area contributed by atoms with E-state index in [0.29, 0.717) is 19.7 Å². The van der Waals surface area contributed by atoms with E-state index in [1.54, 1.807) is 7.11 Å². The lowest BCUT2D eigenvalue weighted by Gasteiger charge is -2.21. The smallest absolute Gasteiger partial charge is 0.194 e. The van der Waals surface area contributed by atoms with Gasteiger partial charge in [0.05, 0.1) is 19.8 Å². The Labute approximate surface area is 192 Å². The first kappa shape index (κ1) is 25.8. The normalized spacial score (nSPS) is 16.7. The number of nitrogens with zero attached hydrogens (tertiary/aromatic N) is 3. The number of likely N-dealkylation sites (tertiary alicyclic amines) is 1. The number of hydrogen-bond donors (Lipinski definition) is 2. The van der Waals surface area contributed by atoms with E-state index in [-0.39, 0.29) is 30.1 Å². The number of halogens is 1. The van der Waals surface area contributed by atoms with Gasteiger partial charge in [0.2, 0.25) is 0 Å². The molecule has 7 nitrogen and oxygen atoms in total. The standard InChI is InChI=1S/C21H36N4O3.HI/c1-5-22-21(25-11-10-18(26)16-25)23-15-17-8-9-19(20(14-17)27-4)28-13-12-24(6-2)7-3;/h8-9,14,18,26H,5-7,10-13,15-16H2,1-4H3,(H,22,23);1H/t18-;/m1./s1. The summed E-state index contributed by atoms with van der Waals surface area (Å²) < 4.78 is 11.4. The molecule has 0 amide bonds. The molecule has 0 radical (unpaired) electrons. The number of guanidine groups is 1. The van der Waals surface area contributed by atoms with E-state index >= 15 is 0 Å². The Kier molecular flexibility index (Phi) is 12.3. The Bertz CT molecular complexity index is 626. The minimum Gasteiger partial charge on any atom is -0.493 e. The Morgan fingerprint density at radius 3 is 2.62 bits per heavy atom. The molecule has 8 heteroatoms. The molecule has 0 spiro atoms. The Morgan fingerprint density at radius 2 is 2.03 bits per heavy atom. The molecule has 1 aromatic rings. The number of β-amino-alcohol motifs (C(OH)–C–C–N with tert-alkyl or cyclic N) is 1. The fourth-order valence-electron chi connectivity index (χ4n) is 3.28. The van der Waals surface area contributed by atoms with Crippen molar-refractivity contribution in [2.75, 3.05) is 53.0 Å². The summed E-state index contributed by atoms with van der Waals surface area (Å²) in [5.41, 5.74) is 1.06. The number of methoxy groups -OCH3 is 1. The van der Waals surface area contributed by atoms with Crippen LogP contribution in [0.5, 0.6) is 11.5 Å². The molecule has 1 fully saturated rings. The largest absolute Gasteiger partial charge is 0.493 e. The van der Waals surface area contributed by atoms with Crippen molar-refractivity contribution in [1.29, 1.82) is 0 Å². The number of nitrogens with one attached hydrogen (secondary N) is 1. The van der Waals surface area contributed by atoms with E-state index < -0.39 is 0 Å². The third-order valence-electron chi connectivity index (χ3n) is 5.00. The fourth-order valence-corrected chi connectivity index (χ4v) is 3.28. The summed E-state index contributed by atoms with van der Waals surface area (Å²) in [6.07, 6.45) is 0.523. The first-order valence-corrected chi connectivity index (χ1v) is 10.3. The molecule has 2 N–H and O–H groups in total. The molecule has 0 bridgehead atoms. The van der Waals surface area contributed by atoms with Gasteiger partial charge in [-0.15, -0.1) is 24.0 Å². The van der Waals surface area contributed by atoms with Crippen LogP contribution in [-0.4, -0.2) is 80.0 Å². The minimum atomic E-state index is -0.267. The monoisotopic (exact) mass is 520 g/mol. The van der Waals surface area contributed by atoms with Gasteiger partial charge in [-0.25, -0.2) is 4.99 Å². The van der Waals surface area contributed by atoms with E-state index in [2.05, 4.69) is 35.9 Å². The highest BCUT2D eigenvalue weighted by Gasteiger charge is 2.22. The van der Waals surface area contributed by atoms with Gasteiger partial charge in [0.25, 0.3) is 0 Å². The first-order chi connectivity index (χ1) is 13.6. The Balaban J connectivity index is 0.00000420. The summed E-state index contributed by atoms with van der Waals surface area (Å²) in [6, 6.07) is 5.97. The van der Waals surface area contributed by atoms with Crippen molar-refractivity contribution >= 4 is 29.9 Å². The second-order valence-corrected chi connectivity index (χ2v) is 6.92. The number of hydrogen-bond acceptors (Lipinski definition) is 5. The third-order valence-corrected chi connectivity index (χ3v) is 5.00. The number of ether oxygens (including phenoxy) is 2. The first-order valence-electron chi connectivity index (χ1n) is 10.3. The molecule has 166 valence electrons. The molecule has 29 heavy (non-hydrogen) atoms. The van der Waals surface area contributed by atoms with Gasteiger partial charge in [-0.05, 0) is 44.1 Å². The van der Waals surface area contributed by atoms with Crippen LogP contribution in [0.4, 0.5) is 0 Å². The summed E-state index contributed by atoms with van der Waals surface area (Å²) in [5.74, 6) is 2.34. The van der Waals surface area contributed by atoms with Crippen LogP contribution in [0.25, 0.3) is 0 Å². The van der Waals surface area contributed by atoms with E-state index in [1.165, 1.54) is 0 Å². The topological polar surface area (TPSA) is 69.6 Å². The van der Waals surface area contributed by atoms with Crippen LogP contribution in [0, 0.1) is 0 Å². The zero-order chi connectivity index (χ0) is 20.4. The van der Waals surface area contributed by atoms with E-state index in [9.17, 15) is 5.11 Å². The highest BCUT2D eigenvalue weighted by atomic mass is 127. The maximum Gasteiger partial charge on any atom is 0.194 e. The maximum atomic E-state index is 9.78. The minimum absolute atomic E-state index is 0. The molecular weight excluding hydrogens is 483 g/mol. The van der Waals surface area contributed by atoms with Crippen molar-refractivity contribution in [2.24, 2.45) is 4.99 Å². The lowest BCUT2D eigenvalue weighted by molar-refractivity contribution is 0.188. The van der Waals surface area contributed by atoms with Gasteiger partial charge < -0.3 is 29.7 Å². The van der Waals surface area contributed by atoms with Gasteiger partial charge in [0, 0.05) is 26.2 Å². The Hall–Kier alpha value is -1.26. The highest BCUT2D eigenvalue weighted by Crippen LogP contribution is 2.28. The molecule has 2 rings (SSSR count). The van der Waals surface area contributed by atoms with Crippen molar-refractivity contribution in [3.05, 3.63) is 23.8 Å². The predicted molar refractivity (Wildman–Crippen MR) is 129 cm³/mol. The van der Waals surface area contributed by atoms with Crippen LogP contribution >= 0.6 is 24.0 Å². The molecule has 0 aliphatic carbocycles. The predicted octanol–water partition coefficient (Wildman–Crippen LogP) is 2.57. The molecule has 1 aliphatic heterocycles. The van der Waals surface area contributed by atoms with Crippen molar-refractivity contribution < 1.29 is 14.6 Å². The molecule has 1 heterocycles. The number of aliphatic imine (C=N–C) groups is 1. The molecule has 1 aliphatic rings. The summed E-state index contributed by atoms with van der Waals surface area (Å²) in [7, 11) is 1.66. The number of likely N-dealkylation sites (N-methyl/N-ethyl adjacent to an activating group) is 1. The van der Waals surface area contributed by atoms with Crippen LogP contribution < -0.4 is 14.8 Å². The second kappa shape index (κ2) is 13.9. The molecule has 0 aromatic heterocycles. The molecule has 0 unspecified atom stereocenters. The second-order valence-electron chi connectivity index (χ2n) is 6.92.